The van der Waals surface area contributed by atoms with Crippen molar-refractivity contribution in [2.75, 3.05) is 0 Å². The van der Waals surface area contributed by atoms with Gasteiger partial charge in [-0.3, -0.25) is 0 Å². The summed E-state index contributed by atoms with van der Waals surface area (Å²) in [5.74, 6) is 0.684. The number of nitrogens with zero attached hydrogens (tertiary/aromatic N) is 3. The number of aromatic nitrogens is 4. The Labute approximate surface area is 98.8 Å². The molecule has 0 amide bonds. The van der Waals surface area contributed by atoms with Crippen LogP contribution in [0, 0.1) is 0 Å². The average molecular weight is 232 g/mol. The van der Waals surface area contributed by atoms with Crippen LogP contribution < -0.4 is 11.5 Å². The lowest BCUT2D eigenvalue weighted by atomic mass is 9.80. The van der Waals surface area contributed by atoms with E-state index < -0.39 is 5.54 Å². The molecule has 2 aromatic rings. The fourth-order valence-electron chi connectivity index (χ4n) is 2.35. The predicted octanol–water partition coefficient (Wildman–Crippen LogP) is 0.408. The Hall–Kier alpha value is -1.53. The number of hydrogen-bond acceptors (Lipinski definition) is 5. The number of hydrogen-bond donors (Lipinski definition) is 3. The molecule has 0 radical (unpaired) electrons. The summed E-state index contributed by atoms with van der Waals surface area (Å²) in [6, 6.07) is 0.265. The second kappa shape index (κ2) is 3.75. The van der Waals surface area contributed by atoms with Gasteiger partial charge >= 0.3 is 0 Å². The normalized spacial score (nSPS) is 29.6. The molecule has 0 saturated heterocycles. The van der Waals surface area contributed by atoms with Gasteiger partial charge in [-0.05, 0) is 25.7 Å². The number of H-pyrrole nitrogens is 1. The Kier molecular flexibility index (Phi) is 2.34. The molecule has 1 fully saturated rings. The zero-order chi connectivity index (χ0) is 11.9. The van der Waals surface area contributed by atoms with Crippen molar-refractivity contribution in [3.63, 3.8) is 0 Å². The number of nitrogens with one attached hydrogen (secondary N) is 1. The van der Waals surface area contributed by atoms with Gasteiger partial charge in [0.15, 0.2) is 11.5 Å². The summed E-state index contributed by atoms with van der Waals surface area (Å²) in [6.45, 7) is 0. The second-order valence-electron chi connectivity index (χ2n) is 4.83. The molecule has 1 aliphatic carbocycles. The summed E-state index contributed by atoms with van der Waals surface area (Å²) in [4.78, 5) is 15.9. The molecule has 6 nitrogen and oxygen atoms in total. The minimum Gasteiger partial charge on any atom is -0.342 e. The first-order valence-corrected chi connectivity index (χ1v) is 5.88. The molecule has 2 aromatic heterocycles. The van der Waals surface area contributed by atoms with E-state index in [1.165, 1.54) is 0 Å². The van der Waals surface area contributed by atoms with Gasteiger partial charge in [0.05, 0.1) is 18.1 Å². The highest BCUT2D eigenvalue weighted by molar-refractivity contribution is 5.68. The van der Waals surface area contributed by atoms with Gasteiger partial charge in [0.2, 0.25) is 0 Å². The summed E-state index contributed by atoms with van der Waals surface area (Å²) in [6.07, 6.45) is 6.89. The largest absolute Gasteiger partial charge is 0.342 e. The number of imidazole rings is 1. The number of nitrogens with two attached hydrogens (primary N) is 2. The first-order chi connectivity index (χ1) is 8.17. The Morgan fingerprint density at radius 3 is 2.82 bits per heavy atom. The van der Waals surface area contributed by atoms with Crippen molar-refractivity contribution in [2.24, 2.45) is 11.5 Å². The molecule has 1 saturated carbocycles. The van der Waals surface area contributed by atoms with Crippen molar-refractivity contribution in [1.82, 2.24) is 19.9 Å². The van der Waals surface area contributed by atoms with E-state index in [-0.39, 0.29) is 6.04 Å². The van der Waals surface area contributed by atoms with Gasteiger partial charge in [-0.2, -0.15) is 0 Å². The van der Waals surface area contributed by atoms with Crippen molar-refractivity contribution in [2.45, 2.75) is 37.3 Å². The molecule has 0 aromatic carbocycles. The minimum atomic E-state index is -0.441. The molecule has 3 rings (SSSR count). The summed E-state index contributed by atoms with van der Waals surface area (Å²) in [5, 5.41) is 0. The summed E-state index contributed by atoms with van der Waals surface area (Å²) >= 11 is 0. The lowest BCUT2D eigenvalue weighted by Gasteiger charge is -2.34. The third kappa shape index (κ3) is 1.79. The lowest BCUT2D eigenvalue weighted by Crippen LogP contribution is -2.44. The van der Waals surface area contributed by atoms with Crippen LogP contribution in [-0.2, 0) is 5.54 Å². The number of aromatic amines is 1. The first-order valence-electron chi connectivity index (χ1n) is 5.88. The lowest BCUT2D eigenvalue weighted by molar-refractivity contribution is 0.265. The molecular formula is C11H16N6. The molecule has 0 bridgehead atoms. The van der Waals surface area contributed by atoms with Crippen molar-refractivity contribution in [3.05, 3.63) is 18.3 Å². The third-order valence-corrected chi connectivity index (χ3v) is 3.54. The number of rotatable bonds is 1. The van der Waals surface area contributed by atoms with E-state index in [1.54, 1.807) is 12.5 Å². The second-order valence-corrected chi connectivity index (χ2v) is 4.83. The van der Waals surface area contributed by atoms with Gasteiger partial charge in [-0.1, -0.05) is 0 Å². The molecule has 0 spiro atoms. The van der Waals surface area contributed by atoms with Crippen LogP contribution in [0.15, 0.2) is 12.5 Å². The van der Waals surface area contributed by atoms with Crippen molar-refractivity contribution in [3.8, 4) is 0 Å². The Balaban J connectivity index is 1.96. The van der Waals surface area contributed by atoms with Gasteiger partial charge in [0, 0.05) is 6.04 Å². The highest BCUT2D eigenvalue weighted by Gasteiger charge is 2.34. The van der Waals surface area contributed by atoms with Crippen LogP contribution in [-0.4, -0.2) is 26.0 Å². The summed E-state index contributed by atoms with van der Waals surface area (Å²) < 4.78 is 0. The topological polar surface area (TPSA) is 106 Å². The van der Waals surface area contributed by atoms with Crippen LogP contribution in [0.2, 0.25) is 0 Å². The molecular weight excluding hydrogens is 216 g/mol. The maximum Gasteiger partial charge on any atom is 0.180 e. The third-order valence-electron chi connectivity index (χ3n) is 3.54. The van der Waals surface area contributed by atoms with Gasteiger partial charge in [0.25, 0.3) is 0 Å². The van der Waals surface area contributed by atoms with E-state index >= 15 is 0 Å². The van der Waals surface area contributed by atoms with Crippen LogP contribution in [0.3, 0.4) is 0 Å². The fourth-order valence-corrected chi connectivity index (χ4v) is 2.35. The minimum absolute atomic E-state index is 0.265. The first kappa shape index (κ1) is 10.6. The molecule has 6 heteroatoms. The van der Waals surface area contributed by atoms with E-state index in [2.05, 4.69) is 19.9 Å². The zero-order valence-electron chi connectivity index (χ0n) is 9.56. The van der Waals surface area contributed by atoms with Crippen molar-refractivity contribution < 1.29 is 0 Å². The SMILES string of the molecule is N[C@H]1CC[C@](N)(c2ncc3[nH]cnc3n2)CC1. The smallest absolute Gasteiger partial charge is 0.180 e. The van der Waals surface area contributed by atoms with E-state index in [1.807, 2.05) is 0 Å². The van der Waals surface area contributed by atoms with Crippen LogP contribution in [0.5, 0.6) is 0 Å². The molecule has 90 valence electrons. The maximum absolute atomic E-state index is 6.38. The van der Waals surface area contributed by atoms with Gasteiger partial charge in [-0.25, -0.2) is 15.0 Å². The van der Waals surface area contributed by atoms with E-state index in [9.17, 15) is 0 Å². The average Bonchev–Trinajstić information content (AvgIpc) is 2.80. The molecule has 1 aliphatic rings. The van der Waals surface area contributed by atoms with Crippen molar-refractivity contribution in [1.29, 1.82) is 0 Å². The Morgan fingerprint density at radius 1 is 1.29 bits per heavy atom. The maximum atomic E-state index is 6.38. The number of fused-ring (bicyclic) bond motifs is 1. The summed E-state index contributed by atoms with van der Waals surface area (Å²) in [7, 11) is 0. The highest BCUT2D eigenvalue weighted by Crippen LogP contribution is 2.32. The van der Waals surface area contributed by atoms with Gasteiger partial charge in [-0.15, -0.1) is 0 Å². The van der Waals surface area contributed by atoms with E-state index in [0.29, 0.717) is 11.5 Å². The van der Waals surface area contributed by atoms with E-state index in [4.69, 9.17) is 11.5 Å². The van der Waals surface area contributed by atoms with Crippen LogP contribution in [0.4, 0.5) is 0 Å². The van der Waals surface area contributed by atoms with Crippen LogP contribution in [0.1, 0.15) is 31.5 Å². The van der Waals surface area contributed by atoms with Crippen LogP contribution in [0.25, 0.3) is 11.2 Å². The fraction of sp³-hybridized carbons (Fsp3) is 0.545. The Bertz CT molecular complexity index is 525. The van der Waals surface area contributed by atoms with Gasteiger partial charge < -0.3 is 16.5 Å². The molecule has 0 atom stereocenters. The molecule has 2 heterocycles. The Morgan fingerprint density at radius 2 is 2.06 bits per heavy atom. The highest BCUT2D eigenvalue weighted by atomic mass is 15.0. The monoisotopic (exact) mass is 232 g/mol. The molecule has 0 aliphatic heterocycles. The van der Waals surface area contributed by atoms with Crippen molar-refractivity contribution >= 4 is 11.2 Å². The van der Waals surface area contributed by atoms with E-state index in [0.717, 1.165) is 31.2 Å². The zero-order valence-corrected chi connectivity index (χ0v) is 9.56. The standard InChI is InChI=1S/C11H16N6/c12-7-1-3-11(13,4-2-7)10-14-5-8-9(17-10)16-6-15-8/h5-7H,1-4,12-13H2,(H,14,15,16,17)/t7-,11+. The van der Waals surface area contributed by atoms with Crippen LogP contribution >= 0.6 is 0 Å². The molecule has 5 N–H and O–H groups in total. The summed E-state index contributed by atoms with van der Waals surface area (Å²) in [5.41, 5.74) is 13.4. The molecule has 0 unspecified atom stereocenters. The van der Waals surface area contributed by atoms with Gasteiger partial charge in [0.1, 0.15) is 5.52 Å². The molecule has 17 heavy (non-hydrogen) atoms. The quantitative estimate of drug-likeness (QED) is 0.660. The predicted molar refractivity (Wildman–Crippen MR) is 64.0 cm³/mol.